The van der Waals surface area contributed by atoms with Crippen LogP contribution in [0.4, 0.5) is 0 Å². The maximum Gasteiger partial charge on any atom is 0.277 e. The van der Waals surface area contributed by atoms with Crippen LogP contribution in [0.25, 0.3) is 0 Å². The minimum absolute atomic E-state index is 0.0770. The van der Waals surface area contributed by atoms with Crippen LogP contribution >= 0.6 is 11.8 Å². The lowest BCUT2D eigenvalue weighted by molar-refractivity contribution is -0.126. The molecule has 0 fully saturated rings. The second kappa shape index (κ2) is 6.72. The summed E-state index contributed by atoms with van der Waals surface area (Å²) in [6, 6.07) is 0. The SMILES string of the molecule is CCN(C(=O)CSc1nnc(CN)o1)C1=CCCC1. The monoisotopic (exact) mass is 282 g/mol. The lowest BCUT2D eigenvalue weighted by Crippen LogP contribution is -2.31. The fourth-order valence-electron chi connectivity index (χ4n) is 2.02. The molecule has 7 heteroatoms. The smallest absolute Gasteiger partial charge is 0.277 e. The van der Waals surface area contributed by atoms with Crippen molar-refractivity contribution in [2.75, 3.05) is 12.3 Å². The third kappa shape index (κ3) is 3.57. The van der Waals surface area contributed by atoms with E-state index in [4.69, 9.17) is 10.2 Å². The quantitative estimate of drug-likeness (QED) is 0.797. The fourth-order valence-corrected chi connectivity index (χ4v) is 2.68. The molecule has 6 nitrogen and oxygen atoms in total. The van der Waals surface area contributed by atoms with Gasteiger partial charge < -0.3 is 15.1 Å². The highest BCUT2D eigenvalue weighted by atomic mass is 32.2. The van der Waals surface area contributed by atoms with E-state index >= 15 is 0 Å². The zero-order valence-corrected chi connectivity index (χ0v) is 11.8. The van der Waals surface area contributed by atoms with E-state index in [1.165, 1.54) is 11.8 Å². The largest absolute Gasteiger partial charge is 0.415 e. The Morgan fingerprint density at radius 3 is 3.00 bits per heavy atom. The molecule has 0 saturated heterocycles. The van der Waals surface area contributed by atoms with E-state index in [0.29, 0.717) is 23.4 Å². The lowest BCUT2D eigenvalue weighted by Gasteiger charge is -2.21. The molecule has 0 aromatic carbocycles. The Kier molecular flexibility index (Phi) is 4.98. The first kappa shape index (κ1) is 14.1. The Labute approximate surface area is 116 Å². The minimum Gasteiger partial charge on any atom is -0.415 e. The average molecular weight is 282 g/mol. The van der Waals surface area contributed by atoms with E-state index in [1.54, 1.807) is 0 Å². The van der Waals surface area contributed by atoms with Gasteiger partial charge in [-0.3, -0.25) is 4.79 Å². The van der Waals surface area contributed by atoms with Gasteiger partial charge in [0.1, 0.15) is 0 Å². The lowest BCUT2D eigenvalue weighted by atomic mass is 10.3. The van der Waals surface area contributed by atoms with Gasteiger partial charge in [-0.05, 0) is 26.2 Å². The van der Waals surface area contributed by atoms with Crippen molar-refractivity contribution in [3.63, 3.8) is 0 Å². The van der Waals surface area contributed by atoms with Crippen molar-refractivity contribution in [2.45, 2.75) is 38.0 Å². The summed E-state index contributed by atoms with van der Waals surface area (Å²) in [5.74, 6) is 0.770. The molecular weight excluding hydrogens is 264 g/mol. The number of carbonyl (C=O) groups is 1. The average Bonchev–Trinajstić information content (AvgIpc) is 3.08. The number of aromatic nitrogens is 2. The Bertz CT molecular complexity index is 472. The number of hydrogen-bond donors (Lipinski definition) is 1. The number of carbonyl (C=O) groups excluding carboxylic acids is 1. The zero-order chi connectivity index (χ0) is 13.7. The molecule has 2 N–H and O–H groups in total. The topological polar surface area (TPSA) is 85.2 Å². The summed E-state index contributed by atoms with van der Waals surface area (Å²) < 4.78 is 5.25. The van der Waals surface area contributed by atoms with E-state index in [1.807, 2.05) is 11.8 Å². The van der Waals surface area contributed by atoms with Gasteiger partial charge >= 0.3 is 0 Å². The van der Waals surface area contributed by atoms with Gasteiger partial charge in [0.05, 0.1) is 12.3 Å². The van der Waals surface area contributed by atoms with Gasteiger partial charge in [0.25, 0.3) is 5.22 Å². The van der Waals surface area contributed by atoms with Gasteiger partial charge in [0.15, 0.2) is 0 Å². The minimum atomic E-state index is 0.0770. The van der Waals surface area contributed by atoms with Crippen molar-refractivity contribution < 1.29 is 9.21 Å². The molecule has 0 radical (unpaired) electrons. The molecular formula is C12H18N4O2S. The number of thioether (sulfide) groups is 1. The maximum atomic E-state index is 12.2. The molecule has 104 valence electrons. The number of nitrogens with zero attached hydrogens (tertiary/aromatic N) is 3. The van der Waals surface area contributed by atoms with Crippen LogP contribution in [-0.4, -0.2) is 33.3 Å². The molecule has 0 bridgehead atoms. The van der Waals surface area contributed by atoms with Crippen LogP contribution < -0.4 is 5.73 Å². The van der Waals surface area contributed by atoms with Gasteiger partial charge in [-0.2, -0.15) is 0 Å². The maximum absolute atomic E-state index is 12.2. The molecule has 0 aliphatic heterocycles. The normalized spacial score (nSPS) is 14.5. The predicted molar refractivity (Wildman–Crippen MR) is 72.2 cm³/mol. The molecule has 2 rings (SSSR count). The first-order chi connectivity index (χ1) is 9.24. The standard InChI is InChI=1S/C12H18N4O2S/c1-2-16(9-5-3-4-6-9)11(17)8-19-12-15-14-10(7-13)18-12/h5H,2-4,6-8,13H2,1H3. The van der Waals surface area contributed by atoms with Gasteiger partial charge in [0.2, 0.25) is 11.8 Å². The van der Waals surface area contributed by atoms with E-state index in [0.717, 1.165) is 25.0 Å². The Hall–Kier alpha value is -1.34. The molecule has 1 aromatic heterocycles. The first-order valence-corrected chi connectivity index (χ1v) is 7.37. The molecule has 1 aromatic rings. The molecule has 1 aliphatic carbocycles. The summed E-state index contributed by atoms with van der Waals surface area (Å²) in [4.78, 5) is 14.0. The third-order valence-corrected chi connectivity index (χ3v) is 3.73. The number of amides is 1. The molecule has 0 atom stereocenters. The molecule has 1 amide bonds. The van der Waals surface area contributed by atoms with Crippen LogP contribution in [0.5, 0.6) is 0 Å². The summed E-state index contributed by atoms with van der Waals surface area (Å²) in [7, 11) is 0. The van der Waals surface area contributed by atoms with Crippen LogP contribution in [0, 0.1) is 0 Å². The predicted octanol–water partition coefficient (Wildman–Crippen LogP) is 1.54. The van der Waals surface area contributed by atoms with Gasteiger partial charge in [-0.25, -0.2) is 0 Å². The van der Waals surface area contributed by atoms with Gasteiger partial charge in [-0.15, -0.1) is 10.2 Å². The van der Waals surface area contributed by atoms with Crippen LogP contribution in [-0.2, 0) is 11.3 Å². The van der Waals surface area contributed by atoms with Crippen molar-refractivity contribution in [1.82, 2.24) is 15.1 Å². The van der Waals surface area contributed by atoms with E-state index < -0.39 is 0 Å². The summed E-state index contributed by atoms with van der Waals surface area (Å²) in [6.45, 7) is 2.90. The summed E-state index contributed by atoms with van der Waals surface area (Å²) in [6.07, 6.45) is 5.33. The Balaban J connectivity index is 1.88. The molecule has 0 saturated carbocycles. The van der Waals surface area contributed by atoms with Crippen LogP contribution in [0.1, 0.15) is 32.1 Å². The Morgan fingerprint density at radius 2 is 2.42 bits per heavy atom. The van der Waals surface area contributed by atoms with Crippen molar-refractivity contribution >= 4 is 17.7 Å². The Morgan fingerprint density at radius 1 is 1.58 bits per heavy atom. The number of hydrogen-bond acceptors (Lipinski definition) is 6. The number of rotatable bonds is 6. The molecule has 19 heavy (non-hydrogen) atoms. The van der Waals surface area contributed by atoms with Crippen molar-refractivity contribution in [3.8, 4) is 0 Å². The number of nitrogens with two attached hydrogens (primary N) is 1. The van der Waals surface area contributed by atoms with E-state index in [2.05, 4.69) is 16.3 Å². The van der Waals surface area contributed by atoms with Gasteiger partial charge in [0, 0.05) is 12.2 Å². The summed E-state index contributed by atoms with van der Waals surface area (Å²) in [5.41, 5.74) is 6.52. The highest BCUT2D eigenvalue weighted by Gasteiger charge is 2.19. The zero-order valence-electron chi connectivity index (χ0n) is 11.0. The highest BCUT2D eigenvalue weighted by Crippen LogP contribution is 2.23. The van der Waals surface area contributed by atoms with Crippen LogP contribution in [0.2, 0.25) is 0 Å². The van der Waals surface area contributed by atoms with Gasteiger partial charge in [-0.1, -0.05) is 17.8 Å². The fraction of sp³-hybridized carbons (Fsp3) is 0.583. The molecule has 1 aliphatic rings. The highest BCUT2D eigenvalue weighted by molar-refractivity contribution is 7.99. The second-order valence-electron chi connectivity index (χ2n) is 4.18. The first-order valence-electron chi connectivity index (χ1n) is 6.39. The van der Waals surface area contributed by atoms with E-state index in [9.17, 15) is 4.79 Å². The molecule has 1 heterocycles. The van der Waals surface area contributed by atoms with Crippen molar-refractivity contribution in [2.24, 2.45) is 5.73 Å². The molecule has 0 spiro atoms. The van der Waals surface area contributed by atoms with Crippen LogP contribution in [0.3, 0.4) is 0 Å². The van der Waals surface area contributed by atoms with Crippen molar-refractivity contribution in [3.05, 3.63) is 17.7 Å². The molecule has 0 unspecified atom stereocenters. The van der Waals surface area contributed by atoms with Crippen LogP contribution in [0.15, 0.2) is 21.4 Å². The summed E-state index contributed by atoms with van der Waals surface area (Å²) >= 11 is 1.25. The number of allylic oxidation sites excluding steroid dienone is 2. The third-order valence-electron chi connectivity index (χ3n) is 2.92. The van der Waals surface area contributed by atoms with E-state index in [-0.39, 0.29) is 12.5 Å². The van der Waals surface area contributed by atoms with Crippen molar-refractivity contribution in [1.29, 1.82) is 0 Å². The second-order valence-corrected chi connectivity index (χ2v) is 5.11. The summed E-state index contributed by atoms with van der Waals surface area (Å²) in [5, 5.41) is 7.97.